The highest BCUT2D eigenvalue weighted by atomic mass is 19.1. The molecule has 8 heteroatoms. The minimum absolute atomic E-state index is 0.145. The first-order valence-corrected chi connectivity index (χ1v) is 5.48. The van der Waals surface area contributed by atoms with Crippen molar-refractivity contribution in [3.05, 3.63) is 29.8 Å². The lowest BCUT2D eigenvalue weighted by Gasteiger charge is -2.08. The van der Waals surface area contributed by atoms with Gasteiger partial charge in [0.1, 0.15) is 17.3 Å². The van der Waals surface area contributed by atoms with Gasteiger partial charge in [-0.25, -0.2) is 13.6 Å². The number of para-hydroxylation sites is 1. The second kappa shape index (κ2) is 7.27. The molecule has 0 saturated heterocycles. The number of hydrogen-bond donors (Lipinski definition) is 4. The normalized spacial score (nSPS) is 10.0. The molecule has 0 aliphatic carbocycles. The van der Waals surface area contributed by atoms with Crippen molar-refractivity contribution in [3.8, 4) is 0 Å². The largest absolute Gasteiger partial charge is 0.352 e. The zero-order valence-corrected chi connectivity index (χ0v) is 10.0. The summed E-state index contributed by atoms with van der Waals surface area (Å²) in [6.45, 7) is 0.404. The Morgan fingerprint density at radius 3 is 2.37 bits per heavy atom. The van der Waals surface area contributed by atoms with E-state index < -0.39 is 29.3 Å². The third-order valence-corrected chi connectivity index (χ3v) is 2.11. The van der Waals surface area contributed by atoms with Gasteiger partial charge in [-0.1, -0.05) is 6.07 Å². The van der Waals surface area contributed by atoms with Gasteiger partial charge in [0.25, 0.3) is 0 Å². The fraction of sp³-hybridized carbons (Fsp3) is 0.273. The van der Waals surface area contributed by atoms with Crippen LogP contribution < -0.4 is 21.7 Å². The van der Waals surface area contributed by atoms with Gasteiger partial charge in [-0.05, 0) is 12.1 Å². The Bertz CT molecular complexity index is 448. The number of anilines is 1. The van der Waals surface area contributed by atoms with Crippen molar-refractivity contribution < 1.29 is 18.4 Å². The van der Waals surface area contributed by atoms with E-state index in [1.807, 2.05) is 0 Å². The fourth-order valence-electron chi connectivity index (χ4n) is 1.28. The maximum Gasteiger partial charge on any atom is 0.312 e. The first-order valence-electron chi connectivity index (χ1n) is 5.48. The molecule has 0 fully saturated rings. The van der Waals surface area contributed by atoms with Crippen LogP contribution in [0.25, 0.3) is 0 Å². The molecular formula is C11H14F2N4O2. The lowest BCUT2D eigenvalue weighted by Crippen LogP contribution is -2.37. The predicted octanol–water partition coefficient (Wildman–Crippen LogP) is 0.161. The van der Waals surface area contributed by atoms with Crippen molar-refractivity contribution in [1.82, 2.24) is 10.6 Å². The highest BCUT2D eigenvalue weighted by Gasteiger charge is 2.11. The first-order chi connectivity index (χ1) is 9.00. The van der Waals surface area contributed by atoms with Crippen molar-refractivity contribution in [2.75, 3.05) is 25.0 Å². The molecule has 0 aliphatic rings. The second-order valence-electron chi connectivity index (χ2n) is 3.61. The lowest BCUT2D eigenvalue weighted by molar-refractivity contribution is -0.115. The number of rotatable bonds is 6. The van der Waals surface area contributed by atoms with E-state index in [4.69, 9.17) is 5.73 Å². The minimum atomic E-state index is -0.844. The average Bonchev–Trinajstić information content (AvgIpc) is 2.33. The molecule has 1 rings (SSSR count). The van der Waals surface area contributed by atoms with Gasteiger partial charge in [0, 0.05) is 13.1 Å². The van der Waals surface area contributed by atoms with Gasteiger partial charge in [-0.2, -0.15) is 0 Å². The van der Waals surface area contributed by atoms with Crippen LogP contribution in [0.4, 0.5) is 19.3 Å². The van der Waals surface area contributed by atoms with E-state index in [1.165, 1.54) is 6.07 Å². The first kappa shape index (κ1) is 14.8. The molecule has 0 atom stereocenters. The third-order valence-electron chi connectivity index (χ3n) is 2.11. The number of urea groups is 1. The zero-order valence-electron chi connectivity index (χ0n) is 10.0. The van der Waals surface area contributed by atoms with Gasteiger partial charge in [0.05, 0.1) is 6.54 Å². The third kappa shape index (κ3) is 5.30. The number of carbonyl (C=O) groups is 2. The fourth-order valence-corrected chi connectivity index (χ4v) is 1.28. The molecule has 1 aromatic rings. The van der Waals surface area contributed by atoms with Crippen LogP contribution in [0.5, 0.6) is 0 Å². The van der Waals surface area contributed by atoms with Crippen molar-refractivity contribution in [2.45, 2.75) is 0 Å². The van der Waals surface area contributed by atoms with Crippen LogP contribution in [0, 0.1) is 11.6 Å². The number of carbonyl (C=O) groups excluding carboxylic acids is 2. The summed E-state index contributed by atoms with van der Waals surface area (Å²) in [5.74, 6) is -2.28. The monoisotopic (exact) mass is 272 g/mol. The summed E-state index contributed by atoms with van der Waals surface area (Å²) in [7, 11) is 0. The topological polar surface area (TPSA) is 96.2 Å². The summed E-state index contributed by atoms with van der Waals surface area (Å²) in [5.41, 5.74) is 4.35. The van der Waals surface area contributed by atoms with Crippen LogP contribution in [-0.4, -0.2) is 31.6 Å². The molecule has 0 heterocycles. The molecule has 1 aromatic carbocycles. The summed E-state index contributed by atoms with van der Waals surface area (Å²) in [6.07, 6.45) is 0. The lowest BCUT2D eigenvalue weighted by atomic mass is 10.3. The molecule has 0 saturated carbocycles. The smallest absolute Gasteiger partial charge is 0.312 e. The van der Waals surface area contributed by atoms with E-state index in [0.717, 1.165) is 12.1 Å². The number of primary amides is 1. The molecule has 0 aromatic heterocycles. The van der Waals surface area contributed by atoms with E-state index in [-0.39, 0.29) is 13.1 Å². The van der Waals surface area contributed by atoms with Gasteiger partial charge in [-0.15, -0.1) is 0 Å². The molecule has 5 N–H and O–H groups in total. The van der Waals surface area contributed by atoms with Gasteiger partial charge in [-0.3, -0.25) is 4.79 Å². The molecule has 0 unspecified atom stereocenters. The van der Waals surface area contributed by atoms with Crippen LogP contribution in [-0.2, 0) is 4.79 Å². The maximum atomic E-state index is 13.2. The van der Waals surface area contributed by atoms with Crippen molar-refractivity contribution in [1.29, 1.82) is 0 Å². The van der Waals surface area contributed by atoms with Gasteiger partial charge < -0.3 is 21.7 Å². The van der Waals surface area contributed by atoms with Crippen LogP contribution in [0.15, 0.2) is 18.2 Å². The Kier molecular flexibility index (Phi) is 5.68. The highest BCUT2D eigenvalue weighted by Crippen LogP contribution is 2.17. The molecular weight excluding hydrogens is 258 g/mol. The Labute approximate surface area is 108 Å². The van der Waals surface area contributed by atoms with E-state index in [1.54, 1.807) is 0 Å². The van der Waals surface area contributed by atoms with Crippen molar-refractivity contribution in [2.24, 2.45) is 5.73 Å². The van der Waals surface area contributed by atoms with E-state index >= 15 is 0 Å². The van der Waals surface area contributed by atoms with E-state index in [9.17, 15) is 18.4 Å². The number of nitrogens with two attached hydrogens (primary N) is 1. The van der Waals surface area contributed by atoms with Crippen LogP contribution in [0.3, 0.4) is 0 Å². The SMILES string of the molecule is NC(=O)NCCNCC(=O)Nc1c(F)cccc1F. The zero-order chi connectivity index (χ0) is 14.3. The van der Waals surface area contributed by atoms with Crippen LogP contribution in [0.2, 0.25) is 0 Å². The summed E-state index contributed by atoms with van der Waals surface area (Å²) >= 11 is 0. The van der Waals surface area contributed by atoms with Crippen LogP contribution in [0.1, 0.15) is 0 Å². The Morgan fingerprint density at radius 2 is 1.79 bits per heavy atom. The molecule has 104 valence electrons. The predicted molar refractivity (Wildman–Crippen MR) is 65.4 cm³/mol. The number of amides is 3. The minimum Gasteiger partial charge on any atom is -0.352 e. The molecule has 6 nitrogen and oxygen atoms in total. The van der Waals surface area contributed by atoms with Crippen LogP contribution >= 0.6 is 0 Å². The number of hydrogen-bond acceptors (Lipinski definition) is 3. The van der Waals surface area contributed by atoms with Crippen molar-refractivity contribution >= 4 is 17.6 Å². The highest BCUT2D eigenvalue weighted by molar-refractivity contribution is 5.92. The molecule has 0 spiro atoms. The Hall–Kier alpha value is -2.22. The van der Waals surface area contributed by atoms with Gasteiger partial charge in [0.15, 0.2) is 0 Å². The van der Waals surface area contributed by atoms with Gasteiger partial charge in [0.2, 0.25) is 5.91 Å². The number of benzene rings is 1. The van der Waals surface area contributed by atoms with Crippen molar-refractivity contribution in [3.63, 3.8) is 0 Å². The Balaban J connectivity index is 2.33. The molecule has 3 amide bonds. The summed E-state index contributed by atoms with van der Waals surface area (Å²) in [6, 6.07) is 2.62. The molecule has 0 bridgehead atoms. The van der Waals surface area contributed by atoms with Gasteiger partial charge >= 0.3 is 6.03 Å². The molecule has 0 aliphatic heterocycles. The number of nitrogens with one attached hydrogen (secondary N) is 3. The molecule has 19 heavy (non-hydrogen) atoms. The standard InChI is InChI=1S/C11H14F2N4O2/c12-7-2-1-3-8(13)10(7)17-9(18)6-15-4-5-16-11(14)19/h1-3,15H,4-6H2,(H,17,18)(H3,14,16,19). The number of halogens is 2. The van der Waals surface area contributed by atoms with E-state index in [2.05, 4.69) is 16.0 Å². The second-order valence-corrected chi connectivity index (χ2v) is 3.61. The Morgan fingerprint density at radius 1 is 1.16 bits per heavy atom. The van der Waals surface area contributed by atoms with E-state index in [0.29, 0.717) is 6.54 Å². The summed E-state index contributed by atoms with van der Waals surface area (Å²) < 4.78 is 26.4. The summed E-state index contributed by atoms with van der Waals surface area (Å²) in [4.78, 5) is 21.7. The quantitative estimate of drug-likeness (QED) is 0.555. The maximum absolute atomic E-state index is 13.2. The average molecular weight is 272 g/mol. The molecule has 0 radical (unpaired) electrons. The summed E-state index contributed by atoms with van der Waals surface area (Å²) in [5, 5.41) is 7.10.